The molecule has 194 valence electrons. The van der Waals surface area contributed by atoms with Crippen LogP contribution in [0.4, 0.5) is 0 Å². The van der Waals surface area contributed by atoms with Gasteiger partial charge in [0, 0.05) is 19.6 Å². The highest BCUT2D eigenvalue weighted by Crippen LogP contribution is 2.33. The second kappa shape index (κ2) is 12.2. The first-order valence-corrected chi connectivity index (χ1v) is 13.2. The van der Waals surface area contributed by atoms with Crippen LogP contribution in [0.3, 0.4) is 0 Å². The van der Waals surface area contributed by atoms with Crippen molar-refractivity contribution in [3.05, 3.63) is 53.6 Å². The van der Waals surface area contributed by atoms with E-state index in [1.165, 1.54) is 0 Å². The van der Waals surface area contributed by atoms with Crippen LogP contribution in [0.5, 0.6) is 17.2 Å². The fraction of sp³-hybridized carbons (Fsp3) is 0.517. The molecule has 0 aliphatic carbocycles. The van der Waals surface area contributed by atoms with Crippen LogP contribution in [0.2, 0.25) is 0 Å². The molecule has 0 fully saturated rings. The topological polar surface area (TPSA) is 68.3 Å². The van der Waals surface area contributed by atoms with Gasteiger partial charge in [0.1, 0.15) is 12.4 Å². The van der Waals surface area contributed by atoms with Crippen LogP contribution < -0.4 is 14.2 Å². The highest BCUT2D eigenvalue weighted by atomic mass is 16.7. The van der Waals surface area contributed by atoms with E-state index in [9.17, 15) is 9.59 Å². The number of hydrogen-bond donors (Lipinski definition) is 0. The van der Waals surface area contributed by atoms with Crippen LogP contribution in [0.15, 0.2) is 42.5 Å². The summed E-state index contributed by atoms with van der Waals surface area (Å²) in [5.74, 6) is 2.24. The van der Waals surface area contributed by atoms with Crippen molar-refractivity contribution in [3.8, 4) is 17.2 Å². The first kappa shape index (κ1) is 25.9. The molecule has 2 aromatic carbocycles. The van der Waals surface area contributed by atoms with Crippen molar-refractivity contribution in [2.75, 3.05) is 33.0 Å². The third-order valence-corrected chi connectivity index (χ3v) is 7.06. The fourth-order valence-electron chi connectivity index (χ4n) is 4.90. The normalized spacial score (nSPS) is 19.0. The number of carbonyl (C=O) groups is 2. The molecule has 2 aliphatic rings. The molecule has 36 heavy (non-hydrogen) atoms. The maximum absolute atomic E-state index is 13.6. The Kier molecular flexibility index (Phi) is 8.73. The summed E-state index contributed by atoms with van der Waals surface area (Å²) in [5.41, 5.74) is 1.49. The Labute approximate surface area is 214 Å². The number of ether oxygens (including phenoxy) is 3. The lowest BCUT2D eigenvalue weighted by molar-refractivity contribution is -0.134. The van der Waals surface area contributed by atoms with E-state index in [1.807, 2.05) is 59.2 Å². The molecule has 0 spiro atoms. The van der Waals surface area contributed by atoms with Crippen LogP contribution >= 0.6 is 0 Å². The van der Waals surface area contributed by atoms with Gasteiger partial charge in [0.25, 0.3) is 5.91 Å². The van der Waals surface area contributed by atoms with Gasteiger partial charge in [-0.15, -0.1) is 0 Å². The fourth-order valence-corrected chi connectivity index (χ4v) is 4.90. The lowest BCUT2D eigenvalue weighted by Gasteiger charge is -2.35. The number of amides is 2. The number of benzene rings is 2. The van der Waals surface area contributed by atoms with Gasteiger partial charge in [-0.2, -0.15) is 0 Å². The van der Waals surface area contributed by atoms with Crippen molar-refractivity contribution in [1.29, 1.82) is 0 Å². The molecule has 1 atom stereocenters. The van der Waals surface area contributed by atoms with Gasteiger partial charge in [0.15, 0.2) is 11.5 Å². The molecule has 0 bridgehead atoms. The SMILES string of the molecule is CCN1CCCCCCN(C(=O)Cc2ccc3c(c2)OCO3)[C@@H](C(C)C)COc2ccccc2C1=O. The van der Waals surface area contributed by atoms with Crippen molar-refractivity contribution in [2.24, 2.45) is 5.92 Å². The standard InChI is InChI=1S/C29H38N2O5/c1-4-30-15-9-5-6-10-16-31(28(32)18-22-13-14-26-27(17-22)36-20-35-26)24(21(2)3)19-34-25-12-8-7-11-23(25)29(30)33/h7-8,11-14,17,21,24H,4-6,9-10,15-16,18-20H2,1-3H3/t24-/m1/s1. The van der Waals surface area contributed by atoms with E-state index in [0.29, 0.717) is 48.9 Å². The summed E-state index contributed by atoms with van der Waals surface area (Å²) in [6.45, 7) is 8.89. The zero-order valence-electron chi connectivity index (χ0n) is 21.7. The molecule has 0 saturated heterocycles. The quantitative estimate of drug-likeness (QED) is 0.603. The van der Waals surface area contributed by atoms with E-state index >= 15 is 0 Å². The molecule has 0 N–H and O–H groups in total. The number of nitrogens with zero attached hydrogens (tertiary/aromatic N) is 2. The van der Waals surface area contributed by atoms with Crippen LogP contribution in [0.25, 0.3) is 0 Å². The maximum atomic E-state index is 13.6. The van der Waals surface area contributed by atoms with Crippen molar-refractivity contribution in [1.82, 2.24) is 9.80 Å². The Balaban J connectivity index is 1.57. The summed E-state index contributed by atoms with van der Waals surface area (Å²) < 4.78 is 17.2. The van der Waals surface area contributed by atoms with Crippen LogP contribution in [0, 0.1) is 5.92 Å². The van der Waals surface area contributed by atoms with Crippen molar-refractivity contribution in [2.45, 2.75) is 58.9 Å². The van der Waals surface area contributed by atoms with Crippen molar-refractivity contribution < 1.29 is 23.8 Å². The third kappa shape index (κ3) is 6.12. The second-order valence-corrected chi connectivity index (χ2v) is 9.87. The Hall–Kier alpha value is -3.22. The van der Waals surface area contributed by atoms with E-state index in [4.69, 9.17) is 14.2 Å². The Bertz CT molecular complexity index is 1050. The average molecular weight is 495 g/mol. The number of carbonyl (C=O) groups excluding carboxylic acids is 2. The number of para-hydroxylation sites is 1. The van der Waals surface area contributed by atoms with E-state index in [-0.39, 0.29) is 30.6 Å². The van der Waals surface area contributed by atoms with Gasteiger partial charge in [0.05, 0.1) is 18.0 Å². The molecule has 0 aromatic heterocycles. The van der Waals surface area contributed by atoms with Crippen LogP contribution in [0.1, 0.15) is 62.4 Å². The molecule has 0 unspecified atom stereocenters. The predicted molar refractivity (Wildman–Crippen MR) is 139 cm³/mol. The summed E-state index contributed by atoms with van der Waals surface area (Å²) in [4.78, 5) is 30.8. The smallest absolute Gasteiger partial charge is 0.257 e. The lowest BCUT2D eigenvalue weighted by Crippen LogP contribution is -2.48. The van der Waals surface area contributed by atoms with Gasteiger partial charge in [-0.25, -0.2) is 0 Å². The first-order valence-electron chi connectivity index (χ1n) is 13.2. The van der Waals surface area contributed by atoms with Crippen LogP contribution in [-0.4, -0.2) is 60.7 Å². The van der Waals surface area contributed by atoms with Gasteiger partial charge < -0.3 is 24.0 Å². The summed E-state index contributed by atoms with van der Waals surface area (Å²) in [5, 5.41) is 0. The molecule has 0 saturated carbocycles. The van der Waals surface area contributed by atoms with Crippen molar-refractivity contribution >= 4 is 11.8 Å². The Morgan fingerprint density at radius 3 is 2.47 bits per heavy atom. The van der Waals surface area contributed by atoms with Gasteiger partial charge in [-0.3, -0.25) is 9.59 Å². The Morgan fingerprint density at radius 1 is 0.944 bits per heavy atom. The predicted octanol–water partition coefficient (Wildman–Crippen LogP) is 4.93. The minimum atomic E-state index is -0.111. The van der Waals surface area contributed by atoms with E-state index in [1.54, 1.807) is 0 Å². The van der Waals surface area contributed by atoms with E-state index in [2.05, 4.69) is 13.8 Å². The molecule has 7 nitrogen and oxygen atoms in total. The zero-order chi connectivity index (χ0) is 25.5. The maximum Gasteiger partial charge on any atom is 0.257 e. The summed E-state index contributed by atoms with van der Waals surface area (Å²) >= 11 is 0. The molecule has 4 rings (SSSR count). The lowest BCUT2D eigenvalue weighted by atomic mass is 10.0. The molecule has 2 aliphatic heterocycles. The monoisotopic (exact) mass is 494 g/mol. The van der Waals surface area contributed by atoms with Crippen molar-refractivity contribution in [3.63, 3.8) is 0 Å². The largest absolute Gasteiger partial charge is 0.491 e. The van der Waals surface area contributed by atoms with Gasteiger partial charge in [-0.1, -0.05) is 44.9 Å². The molecule has 2 amide bonds. The van der Waals surface area contributed by atoms with Gasteiger partial charge in [0.2, 0.25) is 12.7 Å². The number of hydrogen-bond acceptors (Lipinski definition) is 5. The number of rotatable bonds is 4. The number of fused-ring (bicyclic) bond motifs is 2. The molecular weight excluding hydrogens is 456 g/mol. The highest BCUT2D eigenvalue weighted by Gasteiger charge is 2.28. The Morgan fingerprint density at radius 2 is 1.69 bits per heavy atom. The molecule has 2 heterocycles. The van der Waals surface area contributed by atoms with E-state index in [0.717, 1.165) is 37.8 Å². The molecular formula is C29H38N2O5. The second-order valence-electron chi connectivity index (χ2n) is 9.87. The molecule has 0 radical (unpaired) electrons. The third-order valence-electron chi connectivity index (χ3n) is 7.06. The molecule has 7 heteroatoms. The first-order chi connectivity index (χ1) is 17.5. The summed E-state index contributed by atoms with van der Waals surface area (Å²) in [7, 11) is 0. The van der Waals surface area contributed by atoms with Gasteiger partial charge >= 0.3 is 0 Å². The van der Waals surface area contributed by atoms with Crippen LogP contribution in [-0.2, 0) is 11.2 Å². The highest BCUT2D eigenvalue weighted by molar-refractivity contribution is 5.97. The average Bonchev–Trinajstić information content (AvgIpc) is 3.34. The zero-order valence-corrected chi connectivity index (χ0v) is 21.7. The minimum Gasteiger partial charge on any atom is -0.491 e. The minimum absolute atomic E-state index is 0.00185. The summed E-state index contributed by atoms with van der Waals surface area (Å²) in [6, 6.07) is 13.0. The molecule has 2 aromatic rings. The van der Waals surface area contributed by atoms with E-state index < -0.39 is 0 Å². The summed E-state index contributed by atoms with van der Waals surface area (Å²) in [6.07, 6.45) is 4.20. The van der Waals surface area contributed by atoms with Gasteiger partial charge in [-0.05, 0) is 55.5 Å².